The molecular weight excluding hydrogens is 290 g/mol. The topological polar surface area (TPSA) is 12.9 Å². The highest BCUT2D eigenvalue weighted by molar-refractivity contribution is 6.28. The Bertz CT molecular complexity index is 727. The van der Waals surface area contributed by atoms with Crippen molar-refractivity contribution in [3.05, 3.63) is 101 Å². The number of hydrogen-bond donors (Lipinski definition) is 0. The summed E-state index contributed by atoms with van der Waals surface area (Å²) in [5.41, 5.74) is 5.39. The van der Waals surface area contributed by atoms with Crippen molar-refractivity contribution in [3.8, 4) is 0 Å². The highest BCUT2D eigenvalue weighted by Crippen LogP contribution is 2.43. The first-order valence-electron chi connectivity index (χ1n) is 7.36. The standard InChI is InChI=1S/C20H18ClN/c1-15-9-8-12-18(16(15)2)20(21,17-10-4-3-5-11-17)19-13-6-7-14-22-19/h3-14H,1-2H3. The first-order chi connectivity index (χ1) is 10.6. The zero-order valence-corrected chi connectivity index (χ0v) is 13.5. The summed E-state index contributed by atoms with van der Waals surface area (Å²) in [6, 6.07) is 22.3. The van der Waals surface area contributed by atoms with Gasteiger partial charge >= 0.3 is 0 Å². The van der Waals surface area contributed by atoms with Gasteiger partial charge in [-0.3, -0.25) is 4.98 Å². The summed E-state index contributed by atoms with van der Waals surface area (Å²) in [4.78, 5) is 3.76. The second-order valence-corrected chi connectivity index (χ2v) is 6.05. The van der Waals surface area contributed by atoms with Crippen LogP contribution in [-0.2, 0) is 4.87 Å². The molecule has 22 heavy (non-hydrogen) atoms. The maximum absolute atomic E-state index is 7.23. The molecule has 1 aromatic heterocycles. The fourth-order valence-electron chi connectivity index (χ4n) is 2.80. The van der Waals surface area contributed by atoms with Crippen molar-refractivity contribution in [2.24, 2.45) is 0 Å². The van der Waals surface area contributed by atoms with Crippen LogP contribution in [-0.4, -0.2) is 4.98 Å². The van der Waals surface area contributed by atoms with Crippen LogP contribution in [0.2, 0.25) is 0 Å². The summed E-state index contributed by atoms with van der Waals surface area (Å²) in [7, 11) is 0. The molecule has 2 heteroatoms. The van der Waals surface area contributed by atoms with E-state index in [-0.39, 0.29) is 0 Å². The Morgan fingerprint density at radius 3 is 2.23 bits per heavy atom. The molecule has 0 fully saturated rings. The Morgan fingerprint density at radius 2 is 1.55 bits per heavy atom. The van der Waals surface area contributed by atoms with Gasteiger partial charge in [-0.1, -0.05) is 54.6 Å². The van der Waals surface area contributed by atoms with E-state index in [1.165, 1.54) is 11.1 Å². The van der Waals surface area contributed by atoms with Crippen molar-refractivity contribution in [1.29, 1.82) is 0 Å². The van der Waals surface area contributed by atoms with Crippen molar-refractivity contribution in [3.63, 3.8) is 0 Å². The van der Waals surface area contributed by atoms with Gasteiger partial charge in [0.25, 0.3) is 0 Å². The van der Waals surface area contributed by atoms with Crippen molar-refractivity contribution < 1.29 is 0 Å². The Hall–Kier alpha value is -2.12. The van der Waals surface area contributed by atoms with E-state index in [0.29, 0.717) is 0 Å². The number of alkyl halides is 1. The summed E-state index contributed by atoms with van der Waals surface area (Å²) in [5.74, 6) is 0. The first kappa shape index (κ1) is 14.8. The molecule has 1 heterocycles. The van der Waals surface area contributed by atoms with Crippen LogP contribution in [0.3, 0.4) is 0 Å². The summed E-state index contributed by atoms with van der Waals surface area (Å²) in [6.45, 7) is 4.23. The summed E-state index contributed by atoms with van der Waals surface area (Å²) in [6.07, 6.45) is 1.79. The highest BCUT2D eigenvalue weighted by atomic mass is 35.5. The lowest BCUT2D eigenvalue weighted by molar-refractivity contribution is 0.823. The Balaban J connectivity index is 2.31. The second kappa shape index (κ2) is 5.94. The maximum Gasteiger partial charge on any atom is 0.137 e. The van der Waals surface area contributed by atoms with E-state index in [1.54, 1.807) is 6.20 Å². The number of rotatable bonds is 3. The predicted molar refractivity (Wildman–Crippen MR) is 92.3 cm³/mol. The van der Waals surface area contributed by atoms with Crippen molar-refractivity contribution in [1.82, 2.24) is 4.98 Å². The molecule has 0 radical (unpaired) electrons. The van der Waals surface area contributed by atoms with E-state index in [4.69, 9.17) is 11.6 Å². The summed E-state index contributed by atoms with van der Waals surface area (Å²) < 4.78 is 0. The minimum Gasteiger partial charge on any atom is -0.259 e. The van der Waals surface area contributed by atoms with Crippen LogP contribution >= 0.6 is 11.6 Å². The van der Waals surface area contributed by atoms with Crippen molar-refractivity contribution >= 4 is 11.6 Å². The van der Waals surface area contributed by atoms with E-state index in [1.807, 2.05) is 36.4 Å². The minimum atomic E-state index is -0.779. The summed E-state index contributed by atoms with van der Waals surface area (Å²) >= 11 is 7.23. The van der Waals surface area contributed by atoms with Crippen molar-refractivity contribution in [2.75, 3.05) is 0 Å². The normalized spacial score (nSPS) is 13.6. The molecule has 1 nitrogen and oxygen atoms in total. The van der Waals surface area contributed by atoms with Gasteiger partial charge in [0.2, 0.25) is 0 Å². The van der Waals surface area contributed by atoms with Crippen LogP contribution in [0, 0.1) is 13.8 Å². The van der Waals surface area contributed by atoms with Crippen LogP contribution < -0.4 is 0 Å². The third-order valence-electron chi connectivity index (χ3n) is 4.17. The van der Waals surface area contributed by atoms with E-state index in [0.717, 1.165) is 16.8 Å². The van der Waals surface area contributed by atoms with Gasteiger partial charge in [0, 0.05) is 6.20 Å². The van der Waals surface area contributed by atoms with Crippen LogP contribution in [0.4, 0.5) is 0 Å². The molecule has 0 spiro atoms. The minimum absolute atomic E-state index is 0.779. The third-order valence-corrected chi connectivity index (χ3v) is 4.78. The third kappa shape index (κ3) is 2.42. The van der Waals surface area contributed by atoms with E-state index < -0.39 is 4.87 Å². The van der Waals surface area contributed by atoms with Gasteiger partial charge < -0.3 is 0 Å². The lowest BCUT2D eigenvalue weighted by Crippen LogP contribution is -2.25. The predicted octanol–water partition coefficient (Wildman–Crippen LogP) is 5.23. The molecular formula is C20H18ClN. The molecule has 0 saturated heterocycles. The van der Waals surface area contributed by atoms with Crippen LogP contribution in [0.15, 0.2) is 72.9 Å². The highest BCUT2D eigenvalue weighted by Gasteiger charge is 2.36. The molecule has 2 aromatic carbocycles. The van der Waals surface area contributed by atoms with Crippen LogP contribution in [0.5, 0.6) is 0 Å². The van der Waals surface area contributed by atoms with Gasteiger partial charge in [-0.15, -0.1) is 11.6 Å². The van der Waals surface area contributed by atoms with Gasteiger partial charge in [-0.05, 0) is 48.2 Å². The number of benzene rings is 2. The second-order valence-electron chi connectivity index (χ2n) is 5.49. The number of aryl methyl sites for hydroxylation is 1. The average Bonchev–Trinajstić information content (AvgIpc) is 2.58. The Labute approximate surface area is 136 Å². The molecule has 1 atom stereocenters. The number of hydrogen-bond acceptors (Lipinski definition) is 1. The molecule has 0 aliphatic carbocycles. The smallest absolute Gasteiger partial charge is 0.137 e. The van der Waals surface area contributed by atoms with Crippen LogP contribution in [0.25, 0.3) is 0 Å². The first-order valence-corrected chi connectivity index (χ1v) is 7.74. The molecule has 0 saturated carbocycles. The monoisotopic (exact) mass is 307 g/mol. The van der Waals surface area contributed by atoms with Crippen LogP contribution in [0.1, 0.15) is 27.9 Å². The summed E-state index contributed by atoms with van der Waals surface area (Å²) in [5, 5.41) is 0. The number of nitrogens with zero attached hydrogens (tertiary/aromatic N) is 1. The van der Waals surface area contributed by atoms with E-state index in [9.17, 15) is 0 Å². The average molecular weight is 308 g/mol. The number of pyridine rings is 1. The van der Waals surface area contributed by atoms with Gasteiger partial charge in [-0.2, -0.15) is 0 Å². The van der Waals surface area contributed by atoms with E-state index >= 15 is 0 Å². The van der Waals surface area contributed by atoms with E-state index in [2.05, 4.69) is 49.2 Å². The molecule has 3 rings (SSSR count). The molecule has 0 bridgehead atoms. The molecule has 0 aliphatic rings. The zero-order valence-electron chi connectivity index (χ0n) is 12.8. The quantitative estimate of drug-likeness (QED) is 0.604. The number of halogens is 1. The molecule has 110 valence electrons. The zero-order chi connectivity index (χ0) is 15.6. The molecule has 0 amide bonds. The lowest BCUT2D eigenvalue weighted by Gasteiger charge is -2.30. The fourth-order valence-corrected chi connectivity index (χ4v) is 3.24. The van der Waals surface area contributed by atoms with Gasteiger partial charge in [-0.25, -0.2) is 0 Å². The Morgan fingerprint density at radius 1 is 0.818 bits per heavy atom. The molecule has 3 aromatic rings. The molecule has 0 N–H and O–H groups in total. The van der Waals surface area contributed by atoms with Gasteiger partial charge in [0.15, 0.2) is 0 Å². The molecule has 1 unspecified atom stereocenters. The fraction of sp³-hybridized carbons (Fsp3) is 0.150. The SMILES string of the molecule is Cc1cccc(C(Cl)(c2ccccc2)c2ccccn2)c1C. The largest absolute Gasteiger partial charge is 0.259 e. The Kier molecular flexibility index (Phi) is 4.00. The van der Waals surface area contributed by atoms with Crippen molar-refractivity contribution in [2.45, 2.75) is 18.7 Å². The lowest BCUT2D eigenvalue weighted by atomic mass is 9.83. The molecule has 0 aliphatic heterocycles. The van der Waals surface area contributed by atoms with Gasteiger partial charge in [0.05, 0.1) is 5.69 Å². The maximum atomic E-state index is 7.23. The number of aromatic nitrogens is 1. The van der Waals surface area contributed by atoms with Gasteiger partial charge in [0.1, 0.15) is 4.87 Å².